The van der Waals surface area contributed by atoms with Crippen molar-refractivity contribution in [3.8, 4) is 0 Å². The van der Waals surface area contributed by atoms with E-state index in [-0.39, 0.29) is 12.1 Å². The van der Waals surface area contributed by atoms with Gasteiger partial charge in [-0.1, -0.05) is 19.1 Å². The Hall–Kier alpha value is -0.790. The summed E-state index contributed by atoms with van der Waals surface area (Å²) in [5, 5.41) is 0. The Morgan fingerprint density at radius 2 is 2.33 bits per heavy atom. The molecule has 0 N–H and O–H groups in total. The monoisotopic (exact) mass is 166 g/mol. The predicted molar refractivity (Wildman–Crippen MR) is 45.5 cm³/mol. The van der Waals surface area contributed by atoms with E-state index in [1.807, 2.05) is 0 Å². The summed E-state index contributed by atoms with van der Waals surface area (Å²) in [4.78, 5) is 10.7. The summed E-state index contributed by atoms with van der Waals surface area (Å²) in [6.07, 6.45) is 5.74. The van der Waals surface area contributed by atoms with Crippen molar-refractivity contribution in [2.45, 2.75) is 26.4 Å². The molecule has 0 amide bonds. The van der Waals surface area contributed by atoms with Crippen molar-refractivity contribution in [2.24, 2.45) is 17.8 Å². The molecule has 2 aliphatic rings. The van der Waals surface area contributed by atoms with Crippen LogP contribution < -0.4 is 0 Å². The molecule has 2 heteroatoms. The number of carbonyl (C=O) groups excluding carboxylic acids is 1. The molecule has 2 nitrogen and oxygen atoms in total. The zero-order chi connectivity index (χ0) is 8.72. The minimum Gasteiger partial charge on any atom is -0.462 e. The highest BCUT2D eigenvalue weighted by Crippen LogP contribution is 2.48. The van der Waals surface area contributed by atoms with E-state index in [4.69, 9.17) is 4.74 Å². The molecule has 0 aromatic heterocycles. The molecule has 0 saturated heterocycles. The summed E-state index contributed by atoms with van der Waals surface area (Å²) in [5.74, 6) is 1.65. The van der Waals surface area contributed by atoms with Crippen LogP contribution in [-0.4, -0.2) is 12.1 Å². The summed E-state index contributed by atoms with van der Waals surface area (Å²) in [6.45, 7) is 3.65. The molecule has 1 saturated carbocycles. The van der Waals surface area contributed by atoms with Gasteiger partial charge in [-0.25, -0.2) is 0 Å². The maximum absolute atomic E-state index is 10.7. The van der Waals surface area contributed by atoms with E-state index in [0.717, 1.165) is 6.42 Å². The maximum Gasteiger partial charge on any atom is 0.302 e. The second-order valence-electron chi connectivity index (χ2n) is 3.84. The van der Waals surface area contributed by atoms with E-state index >= 15 is 0 Å². The van der Waals surface area contributed by atoms with Crippen LogP contribution in [0.3, 0.4) is 0 Å². The molecule has 0 aromatic carbocycles. The summed E-state index contributed by atoms with van der Waals surface area (Å²) in [7, 11) is 0. The highest BCUT2D eigenvalue weighted by molar-refractivity contribution is 5.66. The van der Waals surface area contributed by atoms with Crippen LogP contribution in [0.5, 0.6) is 0 Å². The van der Waals surface area contributed by atoms with Crippen molar-refractivity contribution in [2.75, 3.05) is 0 Å². The van der Waals surface area contributed by atoms with E-state index in [1.165, 1.54) is 6.92 Å². The van der Waals surface area contributed by atoms with Crippen molar-refractivity contribution in [3.63, 3.8) is 0 Å². The SMILES string of the molecule is CC(=O)O[C@@H]1[C@@H](C)[C@H]2C=CC[C@@H]21. The highest BCUT2D eigenvalue weighted by atomic mass is 16.5. The first-order valence-electron chi connectivity index (χ1n) is 4.54. The third-order valence-electron chi connectivity index (χ3n) is 3.11. The molecule has 0 unspecified atom stereocenters. The molecule has 12 heavy (non-hydrogen) atoms. The van der Waals surface area contributed by atoms with E-state index in [2.05, 4.69) is 19.1 Å². The highest BCUT2D eigenvalue weighted by Gasteiger charge is 2.49. The lowest BCUT2D eigenvalue weighted by molar-refractivity contribution is -0.166. The number of fused-ring (bicyclic) bond motifs is 1. The van der Waals surface area contributed by atoms with Gasteiger partial charge in [0.25, 0.3) is 0 Å². The predicted octanol–water partition coefficient (Wildman–Crippen LogP) is 1.76. The molecule has 66 valence electrons. The van der Waals surface area contributed by atoms with Gasteiger partial charge in [0.2, 0.25) is 0 Å². The van der Waals surface area contributed by atoms with Gasteiger partial charge in [-0.05, 0) is 12.3 Å². The second-order valence-corrected chi connectivity index (χ2v) is 3.84. The Morgan fingerprint density at radius 1 is 1.58 bits per heavy atom. The van der Waals surface area contributed by atoms with Gasteiger partial charge in [0, 0.05) is 18.8 Å². The fourth-order valence-electron chi connectivity index (χ4n) is 2.46. The van der Waals surface area contributed by atoms with Crippen LogP contribution in [0.25, 0.3) is 0 Å². The Balaban J connectivity index is 1.98. The molecule has 0 heterocycles. The first kappa shape index (κ1) is 7.84. The van der Waals surface area contributed by atoms with Gasteiger partial charge >= 0.3 is 5.97 Å². The fraction of sp³-hybridized carbons (Fsp3) is 0.700. The number of ether oxygens (including phenoxy) is 1. The van der Waals surface area contributed by atoms with Gasteiger partial charge in [0.15, 0.2) is 0 Å². The maximum atomic E-state index is 10.7. The van der Waals surface area contributed by atoms with Gasteiger partial charge in [-0.2, -0.15) is 0 Å². The van der Waals surface area contributed by atoms with Crippen LogP contribution in [0, 0.1) is 17.8 Å². The third-order valence-corrected chi connectivity index (χ3v) is 3.11. The number of rotatable bonds is 1. The lowest BCUT2D eigenvalue weighted by Gasteiger charge is -2.45. The standard InChI is InChI=1S/C10H14O2/c1-6-8-4-3-5-9(8)10(6)12-7(2)11/h3-4,6,8-10H,5H2,1-2H3/t6-,8+,9-,10+/m0/s1. The van der Waals surface area contributed by atoms with Crippen molar-refractivity contribution in [1.29, 1.82) is 0 Å². The number of hydrogen-bond acceptors (Lipinski definition) is 2. The van der Waals surface area contributed by atoms with Crippen LogP contribution >= 0.6 is 0 Å². The largest absolute Gasteiger partial charge is 0.462 e. The van der Waals surface area contributed by atoms with Gasteiger partial charge in [-0.15, -0.1) is 0 Å². The van der Waals surface area contributed by atoms with Crippen LogP contribution in [-0.2, 0) is 9.53 Å². The van der Waals surface area contributed by atoms with Gasteiger partial charge < -0.3 is 4.74 Å². The molecule has 0 aromatic rings. The van der Waals surface area contributed by atoms with Crippen molar-refractivity contribution >= 4 is 5.97 Å². The number of hydrogen-bond donors (Lipinski definition) is 0. The van der Waals surface area contributed by atoms with E-state index in [9.17, 15) is 4.79 Å². The average molecular weight is 166 g/mol. The quantitative estimate of drug-likeness (QED) is 0.438. The summed E-state index contributed by atoms with van der Waals surface area (Å²) in [5.41, 5.74) is 0. The zero-order valence-corrected chi connectivity index (χ0v) is 7.49. The third kappa shape index (κ3) is 0.977. The summed E-state index contributed by atoms with van der Waals surface area (Å²) < 4.78 is 5.23. The molecule has 1 fully saturated rings. The van der Waals surface area contributed by atoms with E-state index in [0.29, 0.717) is 17.8 Å². The minimum atomic E-state index is -0.141. The second kappa shape index (κ2) is 2.61. The molecule has 0 aliphatic heterocycles. The van der Waals surface area contributed by atoms with Gasteiger partial charge in [0.05, 0.1) is 0 Å². The van der Waals surface area contributed by atoms with E-state index in [1.54, 1.807) is 0 Å². The Labute approximate surface area is 72.6 Å². The topological polar surface area (TPSA) is 26.3 Å². The first-order valence-corrected chi connectivity index (χ1v) is 4.54. The average Bonchev–Trinajstić information content (AvgIpc) is 2.44. The molecule has 0 bridgehead atoms. The molecule has 0 spiro atoms. The molecule has 4 atom stereocenters. The van der Waals surface area contributed by atoms with Crippen molar-refractivity contribution < 1.29 is 9.53 Å². The lowest BCUT2D eigenvalue weighted by Crippen LogP contribution is -2.49. The fourth-order valence-corrected chi connectivity index (χ4v) is 2.46. The van der Waals surface area contributed by atoms with Crippen LogP contribution in [0.1, 0.15) is 20.3 Å². The normalized spacial score (nSPS) is 43.5. The van der Waals surface area contributed by atoms with Gasteiger partial charge in [0.1, 0.15) is 6.10 Å². The lowest BCUT2D eigenvalue weighted by atomic mass is 9.65. The number of allylic oxidation sites excluding steroid dienone is 2. The smallest absolute Gasteiger partial charge is 0.302 e. The molecular formula is C10H14O2. The van der Waals surface area contributed by atoms with Crippen LogP contribution in [0.4, 0.5) is 0 Å². The van der Waals surface area contributed by atoms with Gasteiger partial charge in [-0.3, -0.25) is 4.79 Å². The number of esters is 1. The van der Waals surface area contributed by atoms with Crippen LogP contribution in [0.2, 0.25) is 0 Å². The summed E-state index contributed by atoms with van der Waals surface area (Å²) in [6, 6.07) is 0. The summed E-state index contributed by atoms with van der Waals surface area (Å²) >= 11 is 0. The Morgan fingerprint density at radius 3 is 3.00 bits per heavy atom. The van der Waals surface area contributed by atoms with Crippen molar-refractivity contribution in [3.05, 3.63) is 12.2 Å². The van der Waals surface area contributed by atoms with Crippen molar-refractivity contribution in [1.82, 2.24) is 0 Å². The zero-order valence-electron chi connectivity index (χ0n) is 7.49. The number of carbonyl (C=O) groups is 1. The molecule has 2 aliphatic carbocycles. The Bertz CT molecular complexity index is 232. The minimum absolute atomic E-state index is 0.141. The molecule has 2 rings (SSSR count). The van der Waals surface area contributed by atoms with E-state index < -0.39 is 0 Å². The molecule has 0 radical (unpaired) electrons. The Kier molecular flexibility index (Phi) is 1.71. The molecular weight excluding hydrogens is 152 g/mol. The first-order chi connectivity index (χ1) is 5.70. The van der Waals surface area contributed by atoms with Crippen LogP contribution in [0.15, 0.2) is 12.2 Å².